The molecule has 166 valence electrons. The molecular formula is C25H32N2O4. The summed E-state index contributed by atoms with van der Waals surface area (Å²) in [5, 5.41) is 3.15. The molecule has 0 bridgehead atoms. The lowest BCUT2D eigenvalue weighted by Gasteiger charge is -2.31. The third kappa shape index (κ3) is 7.12. The Morgan fingerprint density at radius 2 is 1.87 bits per heavy atom. The van der Waals surface area contributed by atoms with E-state index in [0.29, 0.717) is 11.5 Å². The third-order valence-electron chi connectivity index (χ3n) is 5.04. The van der Waals surface area contributed by atoms with Crippen LogP contribution in [0.3, 0.4) is 0 Å². The number of benzene rings is 2. The summed E-state index contributed by atoms with van der Waals surface area (Å²) in [7, 11) is 1.61. The van der Waals surface area contributed by atoms with Gasteiger partial charge in [-0.25, -0.2) is 0 Å². The van der Waals surface area contributed by atoms with E-state index in [0.717, 1.165) is 44.0 Å². The maximum Gasteiger partial charge on any atom is 0.244 e. The maximum atomic E-state index is 12.7. The van der Waals surface area contributed by atoms with Crippen molar-refractivity contribution in [1.82, 2.24) is 10.2 Å². The summed E-state index contributed by atoms with van der Waals surface area (Å²) in [6, 6.07) is 15.6. The van der Waals surface area contributed by atoms with Crippen LogP contribution in [0.25, 0.3) is 6.08 Å². The van der Waals surface area contributed by atoms with Crippen LogP contribution >= 0.6 is 0 Å². The van der Waals surface area contributed by atoms with Crippen molar-refractivity contribution in [3.8, 4) is 11.5 Å². The zero-order valence-corrected chi connectivity index (χ0v) is 18.5. The highest BCUT2D eigenvalue weighted by Crippen LogP contribution is 2.29. The average molecular weight is 425 g/mol. The normalized spacial score (nSPS) is 15.7. The van der Waals surface area contributed by atoms with Gasteiger partial charge < -0.3 is 19.5 Å². The van der Waals surface area contributed by atoms with E-state index in [1.165, 1.54) is 0 Å². The second-order valence-electron chi connectivity index (χ2n) is 7.80. The molecule has 1 amide bonds. The van der Waals surface area contributed by atoms with Gasteiger partial charge in [0.15, 0.2) is 11.5 Å². The molecule has 2 aromatic rings. The Kier molecular flexibility index (Phi) is 8.50. The van der Waals surface area contributed by atoms with Crippen molar-refractivity contribution in [2.45, 2.75) is 26.0 Å². The number of morpholine rings is 1. The second kappa shape index (κ2) is 11.5. The number of hydrogen-bond acceptors (Lipinski definition) is 5. The summed E-state index contributed by atoms with van der Waals surface area (Å²) < 4.78 is 16.6. The van der Waals surface area contributed by atoms with Crippen LogP contribution < -0.4 is 14.8 Å². The largest absolute Gasteiger partial charge is 0.493 e. The number of hydrogen-bond donors (Lipinski definition) is 1. The molecule has 3 rings (SSSR count). The minimum Gasteiger partial charge on any atom is -0.493 e. The summed E-state index contributed by atoms with van der Waals surface area (Å²) in [6.45, 7) is 7.90. The average Bonchev–Trinajstić information content (AvgIpc) is 2.79. The molecule has 1 aliphatic rings. The van der Waals surface area contributed by atoms with E-state index in [2.05, 4.69) is 10.2 Å². The Morgan fingerprint density at radius 3 is 2.55 bits per heavy atom. The van der Waals surface area contributed by atoms with Crippen molar-refractivity contribution < 1.29 is 19.0 Å². The van der Waals surface area contributed by atoms with Gasteiger partial charge in [-0.15, -0.1) is 0 Å². The van der Waals surface area contributed by atoms with Gasteiger partial charge in [0.05, 0.1) is 32.5 Å². The molecule has 6 heteroatoms. The van der Waals surface area contributed by atoms with Gasteiger partial charge in [-0.3, -0.25) is 9.69 Å². The van der Waals surface area contributed by atoms with Gasteiger partial charge >= 0.3 is 0 Å². The molecule has 0 aliphatic carbocycles. The van der Waals surface area contributed by atoms with Gasteiger partial charge in [-0.05, 0) is 43.2 Å². The highest BCUT2D eigenvalue weighted by molar-refractivity contribution is 5.92. The van der Waals surface area contributed by atoms with Crippen LogP contribution in [0.2, 0.25) is 0 Å². The topological polar surface area (TPSA) is 60.0 Å². The lowest BCUT2D eigenvalue weighted by molar-refractivity contribution is -0.117. The molecule has 1 atom stereocenters. The number of nitrogens with zero attached hydrogens (tertiary/aromatic N) is 1. The molecule has 0 saturated carbocycles. The molecule has 1 N–H and O–H groups in total. The fourth-order valence-electron chi connectivity index (χ4n) is 3.49. The predicted octanol–water partition coefficient (Wildman–Crippen LogP) is 3.69. The minimum atomic E-state index is -0.136. The molecule has 1 fully saturated rings. The Labute approximate surface area is 184 Å². The number of carbonyl (C=O) groups excluding carboxylic acids is 1. The predicted molar refractivity (Wildman–Crippen MR) is 122 cm³/mol. The third-order valence-corrected chi connectivity index (χ3v) is 5.04. The summed E-state index contributed by atoms with van der Waals surface area (Å²) in [4.78, 5) is 15.0. The zero-order chi connectivity index (χ0) is 22.1. The molecule has 6 nitrogen and oxygen atoms in total. The smallest absolute Gasteiger partial charge is 0.244 e. The second-order valence-corrected chi connectivity index (χ2v) is 7.80. The summed E-state index contributed by atoms with van der Waals surface area (Å²) in [5.41, 5.74) is 1.96. The lowest BCUT2D eigenvalue weighted by Crippen LogP contribution is -2.42. The van der Waals surface area contributed by atoms with Crippen LogP contribution in [0, 0.1) is 0 Å². The first-order valence-electron chi connectivity index (χ1n) is 10.7. The van der Waals surface area contributed by atoms with Crippen molar-refractivity contribution in [3.05, 3.63) is 65.7 Å². The van der Waals surface area contributed by atoms with Crippen LogP contribution in [-0.4, -0.2) is 56.9 Å². The zero-order valence-electron chi connectivity index (χ0n) is 18.5. The monoisotopic (exact) mass is 424 g/mol. The quantitative estimate of drug-likeness (QED) is 0.622. The molecule has 31 heavy (non-hydrogen) atoms. The van der Waals surface area contributed by atoms with Crippen molar-refractivity contribution in [2.75, 3.05) is 40.0 Å². The van der Waals surface area contributed by atoms with E-state index >= 15 is 0 Å². The SMILES string of the molecule is COc1cc(/C=C/C(=O)N[C@@H](CN2CCOCC2)c2ccccc2)ccc1OC(C)C. The molecule has 1 saturated heterocycles. The summed E-state index contributed by atoms with van der Waals surface area (Å²) >= 11 is 0. The van der Waals surface area contributed by atoms with E-state index in [1.54, 1.807) is 19.3 Å². The lowest BCUT2D eigenvalue weighted by atomic mass is 10.1. The van der Waals surface area contributed by atoms with E-state index in [4.69, 9.17) is 14.2 Å². The minimum absolute atomic E-state index is 0.0578. The van der Waals surface area contributed by atoms with E-state index in [9.17, 15) is 4.79 Å². The van der Waals surface area contributed by atoms with Crippen LogP contribution in [-0.2, 0) is 9.53 Å². The van der Waals surface area contributed by atoms with E-state index < -0.39 is 0 Å². The van der Waals surface area contributed by atoms with E-state index in [1.807, 2.05) is 62.4 Å². The highest BCUT2D eigenvalue weighted by atomic mass is 16.5. The Bertz CT molecular complexity index is 861. The first-order chi connectivity index (χ1) is 15.0. The first kappa shape index (κ1) is 22.8. The number of methoxy groups -OCH3 is 1. The summed E-state index contributed by atoms with van der Waals surface area (Å²) in [6.07, 6.45) is 3.41. The molecule has 0 spiro atoms. The molecule has 0 radical (unpaired) electrons. The number of rotatable bonds is 9. The number of carbonyl (C=O) groups is 1. The van der Waals surface area contributed by atoms with Gasteiger partial charge in [0.2, 0.25) is 5.91 Å². The van der Waals surface area contributed by atoms with Crippen LogP contribution in [0.15, 0.2) is 54.6 Å². The van der Waals surface area contributed by atoms with Crippen LogP contribution in [0.5, 0.6) is 11.5 Å². The number of amides is 1. The van der Waals surface area contributed by atoms with Crippen molar-refractivity contribution >= 4 is 12.0 Å². The van der Waals surface area contributed by atoms with Gasteiger partial charge in [-0.1, -0.05) is 36.4 Å². The maximum absolute atomic E-state index is 12.7. The van der Waals surface area contributed by atoms with Gasteiger partial charge in [-0.2, -0.15) is 0 Å². The molecule has 1 heterocycles. The highest BCUT2D eigenvalue weighted by Gasteiger charge is 2.19. The van der Waals surface area contributed by atoms with Crippen LogP contribution in [0.1, 0.15) is 31.0 Å². The first-order valence-corrected chi connectivity index (χ1v) is 10.7. The fraction of sp³-hybridized carbons (Fsp3) is 0.400. The summed E-state index contributed by atoms with van der Waals surface area (Å²) in [5.74, 6) is 1.20. The van der Waals surface area contributed by atoms with Gasteiger partial charge in [0.1, 0.15) is 0 Å². The molecule has 0 unspecified atom stereocenters. The molecular weight excluding hydrogens is 392 g/mol. The van der Waals surface area contributed by atoms with Gasteiger partial charge in [0.25, 0.3) is 0 Å². The van der Waals surface area contributed by atoms with Crippen molar-refractivity contribution in [2.24, 2.45) is 0 Å². The number of nitrogens with one attached hydrogen (secondary N) is 1. The molecule has 0 aromatic heterocycles. The standard InChI is InChI=1S/C25H32N2O4/c1-19(2)31-23-11-9-20(17-24(23)29-3)10-12-25(28)26-22(21-7-5-4-6-8-21)18-27-13-15-30-16-14-27/h4-12,17,19,22H,13-16,18H2,1-3H3,(H,26,28)/b12-10+/t22-/m0/s1. The van der Waals surface area contributed by atoms with E-state index in [-0.39, 0.29) is 18.1 Å². The van der Waals surface area contributed by atoms with Crippen molar-refractivity contribution in [3.63, 3.8) is 0 Å². The van der Waals surface area contributed by atoms with Crippen LogP contribution in [0.4, 0.5) is 0 Å². The Balaban J connectivity index is 1.67. The Morgan fingerprint density at radius 1 is 1.13 bits per heavy atom. The molecule has 1 aliphatic heterocycles. The van der Waals surface area contributed by atoms with Crippen molar-refractivity contribution in [1.29, 1.82) is 0 Å². The number of ether oxygens (including phenoxy) is 3. The molecule has 2 aromatic carbocycles. The Hall–Kier alpha value is -2.83. The van der Waals surface area contributed by atoms with Gasteiger partial charge in [0, 0.05) is 25.7 Å². The fourth-order valence-corrected chi connectivity index (χ4v) is 3.49.